The molecule has 0 bridgehead atoms. The first-order valence-electron chi connectivity index (χ1n) is 8.09. The Morgan fingerprint density at radius 3 is 2.48 bits per heavy atom. The standard InChI is InChI=1S/C19H25N3O/c1-3-20-19(21-14-16-9-6-5-7-10-16)22-15-17-11-8-12-18(13-17)23-4-2/h5-13H,3-4,14-15H2,1-2H3,(H2,20,21,22). The summed E-state index contributed by atoms with van der Waals surface area (Å²) in [4.78, 5) is 4.64. The molecule has 0 radical (unpaired) electrons. The predicted octanol–water partition coefficient (Wildman–Crippen LogP) is 3.34. The lowest BCUT2D eigenvalue weighted by atomic mass is 10.2. The monoisotopic (exact) mass is 311 g/mol. The highest BCUT2D eigenvalue weighted by Gasteiger charge is 2.00. The van der Waals surface area contributed by atoms with Crippen molar-refractivity contribution < 1.29 is 4.74 Å². The molecule has 0 aliphatic rings. The van der Waals surface area contributed by atoms with Gasteiger partial charge in [0.25, 0.3) is 0 Å². The Balaban J connectivity index is 1.96. The van der Waals surface area contributed by atoms with Crippen LogP contribution in [0.3, 0.4) is 0 Å². The molecule has 122 valence electrons. The van der Waals surface area contributed by atoms with E-state index >= 15 is 0 Å². The fraction of sp³-hybridized carbons (Fsp3) is 0.316. The van der Waals surface area contributed by atoms with Crippen molar-refractivity contribution in [2.75, 3.05) is 13.2 Å². The highest BCUT2D eigenvalue weighted by atomic mass is 16.5. The van der Waals surface area contributed by atoms with Gasteiger partial charge in [-0.1, -0.05) is 42.5 Å². The molecule has 0 amide bonds. The molecule has 4 nitrogen and oxygen atoms in total. The predicted molar refractivity (Wildman–Crippen MR) is 95.7 cm³/mol. The van der Waals surface area contributed by atoms with Gasteiger partial charge >= 0.3 is 0 Å². The molecular formula is C19H25N3O. The Morgan fingerprint density at radius 2 is 1.74 bits per heavy atom. The molecule has 2 rings (SSSR count). The Kier molecular flexibility index (Phi) is 6.98. The minimum Gasteiger partial charge on any atom is -0.494 e. The molecule has 0 aromatic heterocycles. The first-order valence-corrected chi connectivity index (χ1v) is 8.09. The molecular weight excluding hydrogens is 286 g/mol. The summed E-state index contributed by atoms with van der Waals surface area (Å²) in [6.45, 7) is 6.93. The molecule has 0 heterocycles. The average Bonchev–Trinajstić information content (AvgIpc) is 2.59. The zero-order valence-corrected chi connectivity index (χ0v) is 13.9. The maximum absolute atomic E-state index is 5.53. The van der Waals surface area contributed by atoms with Crippen LogP contribution in [0, 0.1) is 0 Å². The Labute approximate surface area is 138 Å². The number of hydrogen-bond donors (Lipinski definition) is 2. The second-order valence-electron chi connectivity index (χ2n) is 5.11. The Morgan fingerprint density at radius 1 is 0.957 bits per heavy atom. The molecule has 2 aromatic carbocycles. The van der Waals surface area contributed by atoms with Gasteiger partial charge in [0.2, 0.25) is 0 Å². The average molecular weight is 311 g/mol. The molecule has 0 atom stereocenters. The second kappa shape index (κ2) is 9.51. The van der Waals surface area contributed by atoms with Crippen molar-refractivity contribution in [1.29, 1.82) is 0 Å². The van der Waals surface area contributed by atoms with E-state index in [0.717, 1.165) is 30.4 Å². The second-order valence-corrected chi connectivity index (χ2v) is 5.11. The SMILES string of the molecule is CCNC(=NCc1cccc(OCC)c1)NCc1ccccc1. The lowest BCUT2D eigenvalue weighted by Gasteiger charge is -2.11. The van der Waals surface area contributed by atoms with E-state index in [2.05, 4.69) is 40.7 Å². The molecule has 0 spiro atoms. The van der Waals surface area contributed by atoms with Crippen molar-refractivity contribution in [3.05, 3.63) is 65.7 Å². The van der Waals surface area contributed by atoms with E-state index in [1.165, 1.54) is 5.56 Å². The van der Waals surface area contributed by atoms with Gasteiger partial charge in [-0.15, -0.1) is 0 Å². The van der Waals surface area contributed by atoms with Crippen molar-refractivity contribution in [3.63, 3.8) is 0 Å². The number of guanidine groups is 1. The Bertz CT molecular complexity index is 611. The van der Waals surface area contributed by atoms with Crippen LogP contribution in [0.1, 0.15) is 25.0 Å². The van der Waals surface area contributed by atoms with Gasteiger partial charge in [-0.25, -0.2) is 4.99 Å². The zero-order chi connectivity index (χ0) is 16.3. The number of hydrogen-bond acceptors (Lipinski definition) is 2. The van der Waals surface area contributed by atoms with Gasteiger partial charge in [0.15, 0.2) is 5.96 Å². The number of rotatable bonds is 7. The van der Waals surface area contributed by atoms with Gasteiger partial charge in [-0.2, -0.15) is 0 Å². The van der Waals surface area contributed by atoms with E-state index in [9.17, 15) is 0 Å². The van der Waals surface area contributed by atoms with Crippen LogP contribution in [0.15, 0.2) is 59.6 Å². The summed E-state index contributed by atoms with van der Waals surface area (Å²) in [6.07, 6.45) is 0. The third kappa shape index (κ3) is 6.02. The molecule has 4 heteroatoms. The van der Waals surface area contributed by atoms with Crippen molar-refractivity contribution in [2.24, 2.45) is 4.99 Å². The van der Waals surface area contributed by atoms with Gasteiger partial charge in [-0.3, -0.25) is 0 Å². The summed E-state index contributed by atoms with van der Waals surface area (Å²) in [7, 11) is 0. The maximum atomic E-state index is 5.53. The van der Waals surface area contributed by atoms with E-state index in [4.69, 9.17) is 4.74 Å². The molecule has 23 heavy (non-hydrogen) atoms. The summed E-state index contributed by atoms with van der Waals surface area (Å²) in [5.74, 6) is 1.71. The molecule has 0 aliphatic carbocycles. The normalized spacial score (nSPS) is 11.1. The van der Waals surface area contributed by atoms with E-state index in [-0.39, 0.29) is 0 Å². The summed E-state index contributed by atoms with van der Waals surface area (Å²) < 4.78 is 5.53. The third-order valence-corrected chi connectivity index (χ3v) is 3.28. The van der Waals surface area contributed by atoms with E-state index in [1.807, 2.05) is 43.3 Å². The minimum absolute atomic E-state index is 0.616. The molecule has 2 N–H and O–H groups in total. The maximum Gasteiger partial charge on any atom is 0.191 e. The molecule has 0 aliphatic heterocycles. The summed E-state index contributed by atoms with van der Waals surface area (Å²) >= 11 is 0. The molecule has 0 saturated heterocycles. The number of benzene rings is 2. The zero-order valence-electron chi connectivity index (χ0n) is 13.9. The van der Waals surface area contributed by atoms with E-state index in [1.54, 1.807) is 0 Å². The van der Waals surface area contributed by atoms with Crippen LogP contribution in [0.4, 0.5) is 0 Å². The van der Waals surface area contributed by atoms with Crippen LogP contribution in [0.25, 0.3) is 0 Å². The van der Waals surface area contributed by atoms with E-state index < -0.39 is 0 Å². The van der Waals surface area contributed by atoms with Crippen LogP contribution in [-0.2, 0) is 13.1 Å². The largest absolute Gasteiger partial charge is 0.494 e. The van der Waals surface area contributed by atoms with Gasteiger partial charge < -0.3 is 15.4 Å². The lowest BCUT2D eigenvalue weighted by Crippen LogP contribution is -2.36. The number of nitrogens with one attached hydrogen (secondary N) is 2. The fourth-order valence-electron chi connectivity index (χ4n) is 2.19. The van der Waals surface area contributed by atoms with Gasteiger partial charge in [0.1, 0.15) is 5.75 Å². The first kappa shape index (κ1) is 16.9. The van der Waals surface area contributed by atoms with Crippen molar-refractivity contribution >= 4 is 5.96 Å². The molecule has 0 unspecified atom stereocenters. The van der Waals surface area contributed by atoms with Gasteiger partial charge in [-0.05, 0) is 37.1 Å². The van der Waals surface area contributed by atoms with Crippen LogP contribution >= 0.6 is 0 Å². The highest BCUT2D eigenvalue weighted by molar-refractivity contribution is 5.79. The van der Waals surface area contributed by atoms with Gasteiger partial charge in [0.05, 0.1) is 13.2 Å². The lowest BCUT2D eigenvalue weighted by molar-refractivity contribution is 0.340. The summed E-state index contributed by atoms with van der Waals surface area (Å²) in [5, 5.41) is 6.63. The van der Waals surface area contributed by atoms with Crippen LogP contribution in [0.5, 0.6) is 5.75 Å². The minimum atomic E-state index is 0.616. The Hall–Kier alpha value is -2.49. The van der Waals surface area contributed by atoms with Crippen molar-refractivity contribution in [2.45, 2.75) is 26.9 Å². The van der Waals surface area contributed by atoms with Crippen molar-refractivity contribution in [3.8, 4) is 5.75 Å². The van der Waals surface area contributed by atoms with Crippen LogP contribution in [0.2, 0.25) is 0 Å². The fourth-order valence-corrected chi connectivity index (χ4v) is 2.19. The van der Waals surface area contributed by atoms with Crippen LogP contribution < -0.4 is 15.4 Å². The highest BCUT2D eigenvalue weighted by Crippen LogP contribution is 2.13. The number of ether oxygens (including phenoxy) is 1. The third-order valence-electron chi connectivity index (χ3n) is 3.28. The smallest absolute Gasteiger partial charge is 0.191 e. The van der Waals surface area contributed by atoms with Gasteiger partial charge in [0, 0.05) is 13.1 Å². The number of aliphatic imine (C=N–C) groups is 1. The summed E-state index contributed by atoms with van der Waals surface area (Å²) in [6, 6.07) is 18.4. The molecule has 0 saturated carbocycles. The quantitative estimate of drug-likeness (QED) is 0.609. The number of nitrogens with zero attached hydrogens (tertiary/aromatic N) is 1. The first-order chi connectivity index (χ1) is 11.3. The summed E-state index contributed by atoms with van der Waals surface area (Å²) in [5.41, 5.74) is 2.37. The molecule has 0 fully saturated rings. The van der Waals surface area contributed by atoms with Crippen LogP contribution in [-0.4, -0.2) is 19.1 Å². The molecule has 2 aromatic rings. The topological polar surface area (TPSA) is 45.7 Å². The van der Waals surface area contributed by atoms with E-state index in [0.29, 0.717) is 13.2 Å². The van der Waals surface area contributed by atoms with Crippen molar-refractivity contribution in [1.82, 2.24) is 10.6 Å².